The van der Waals surface area contributed by atoms with Crippen molar-refractivity contribution in [1.29, 1.82) is 0 Å². The van der Waals surface area contributed by atoms with Crippen LogP contribution < -0.4 is 5.69 Å². The summed E-state index contributed by atoms with van der Waals surface area (Å²) >= 11 is 0. The number of benzene rings is 1. The van der Waals surface area contributed by atoms with Gasteiger partial charge in [-0.15, -0.1) is 0 Å². The predicted molar refractivity (Wildman–Crippen MR) is 75.1 cm³/mol. The van der Waals surface area contributed by atoms with Gasteiger partial charge in [0.2, 0.25) is 0 Å². The van der Waals surface area contributed by atoms with Crippen LogP contribution in [0.25, 0.3) is 11.4 Å². The summed E-state index contributed by atoms with van der Waals surface area (Å²) in [6.07, 6.45) is 6.28. The Morgan fingerprint density at radius 3 is 2.75 bits per heavy atom. The molecule has 0 atom stereocenters. The van der Waals surface area contributed by atoms with Crippen LogP contribution in [-0.2, 0) is 13.1 Å². The fourth-order valence-corrected chi connectivity index (χ4v) is 2.16. The Morgan fingerprint density at radius 1 is 1.15 bits per heavy atom. The van der Waals surface area contributed by atoms with E-state index in [0.717, 1.165) is 18.5 Å². The number of hydrogen-bond acceptors (Lipinski definition) is 3. The van der Waals surface area contributed by atoms with Crippen molar-refractivity contribution in [3.63, 3.8) is 0 Å². The number of nitrogens with one attached hydrogen (secondary N) is 1. The molecule has 0 unspecified atom stereocenters. The molecule has 0 aliphatic heterocycles. The van der Waals surface area contributed by atoms with Gasteiger partial charge in [0.05, 0.1) is 6.33 Å². The van der Waals surface area contributed by atoms with E-state index in [1.54, 1.807) is 17.1 Å². The van der Waals surface area contributed by atoms with E-state index in [4.69, 9.17) is 0 Å². The van der Waals surface area contributed by atoms with Crippen molar-refractivity contribution >= 4 is 0 Å². The van der Waals surface area contributed by atoms with Gasteiger partial charge in [0.1, 0.15) is 0 Å². The van der Waals surface area contributed by atoms with Crippen LogP contribution in [0.2, 0.25) is 0 Å². The van der Waals surface area contributed by atoms with Gasteiger partial charge in [0.25, 0.3) is 0 Å². The fraction of sp³-hybridized carbons (Fsp3) is 0.214. The molecule has 1 N–H and O–H groups in total. The van der Waals surface area contributed by atoms with Crippen LogP contribution in [0, 0.1) is 0 Å². The van der Waals surface area contributed by atoms with Crippen LogP contribution in [0.1, 0.15) is 6.42 Å². The molecule has 0 amide bonds. The average molecular weight is 269 g/mol. The normalized spacial score (nSPS) is 10.8. The molecule has 20 heavy (non-hydrogen) atoms. The van der Waals surface area contributed by atoms with E-state index in [9.17, 15) is 4.79 Å². The van der Waals surface area contributed by atoms with Gasteiger partial charge in [-0.2, -0.15) is 5.10 Å². The molecule has 0 radical (unpaired) electrons. The van der Waals surface area contributed by atoms with Crippen molar-refractivity contribution in [3.05, 3.63) is 59.5 Å². The van der Waals surface area contributed by atoms with Gasteiger partial charge in [-0.05, 0) is 6.42 Å². The minimum absolute atomic E-state index is 0.172. The van der Waals surface area contributed by atoms with Crippen LogP contribution in [0.3, 0.4) is 0 Å². The third-order valence-electron chi connectivity index (χ3n) is 3.15. The number of rotatable bonds is 5. The molecule has 0 fully saturated rings. The van der Waals surface area contributed by atoms with E-state index in [1.165, 1.54) is 0 Å². The Kier molecular flexibility index (Phi) is 3.45. The lowest BCUT2D eigenvalue weighted by molar-refractivity contribution is 0.556. The number of hydrogen-bond donors (Lipinski definition) is 1. The van der Waals surface area contributed by atoms with Crippen LogP contribution in [0.15, 0.2) is 53.8 Å². The summed E-state index contributed by atoms with van der Waals surface area (Å²) in [6.45, 7) is 1.45. The number of imidazole rings is 1. The van der Waals surface area contributed by atoms with Gasteiger partial charge in [-0.3, -0.25) is 4.57 Å². The van der Waals surface area contributed by atoms with Gasteiger partial charge >= 0.3 is 5.69 Å². The molecule has 6 nitrogen and oxygen atoms in total. The molecule has 102 valence electrons. The second-order valence-electron chi connectivity index (χ2n) is 4.52. The van der Waals surface area contributed by atoms with Crippen molar-refractivity contribution < 1.29 is 0 Å². The zero-order valence-corrected chi connectivity index (χ0v) is 10.9. The highest BCUT2D eigenvalue weighted by atomic mass is 16.1. The molecular formula is C14H15N5O. The molecule has 0 aliphatic carbocycles. The van der Waals surface area contributed by atoms with E-state index in [-0.39, 0.29) is 5.69 Å². The van der Waals surface area contributed by atoms with Crippen LogP contribution >= 0.6 is 0 Å². The van der Waals surface area contributed by atoms with E-state index in [0.29, 0.717) is 12.4 Å². The summed E-state index contributed by atoms with van der Waals surface area (Å²) in [6, 6.07) is 9.70. The monoisotopic (exact) mass is 269 g/mol. The predicted octanol–water partition coefficient (Wildman–Crippen LogP) is 1.53. The van der Waals surface area contributed by atoms with Gasteiger partial charge in [0, 0.05) is 31.0 Å². The number of aryl methyl sites for hydroxylation is 1. The molecular weight excluding hydrogens is 254 g/mol. The highest BCUT2D eigenvalue weighted by Crippen LogP contribution is 2.14. The molecule has 0 saturated carbocycles. The van der Waals surface area contributed by atoms with Crippen LogP contribution in [0.4, 0.5) is 0 Å². The van der Waals surface area contributed by atoms with Crippen LogP contribution in [-0.4, -0.2) is 24.3 Å². The van der Waals surface area contributed by atoms with Crippen molar-refractivity contribution in [2.75, 3.05) is 0 Å². The zero-order valence-electron chi connectivity index (χ0n) is 10.9. The largest absolute Gasteiger partial charge is 0.343 e. The van der Waals surface area contributed by atoms with E-state index in [1.807, 2.05) is 41.1 Å². The maximum Gasteiger partial charge on any atom is 0.343 e. The van der Waals surface area contributed by atoms with Crippen molar-refractivity contribution in [1.82, 2.24) is 24.3 Å². The topological polar surface area (TPSA) is 68.5 Å². The molecule has 6 heteroatoms. The molecule has 2 heterocycles. The lowest BCUT2D eigenvalue weighted by atomic mass is 10.2. The molecule has 0 aliphatic rings. The maximum absolute atomic E-state index is 11.8. The summed E-state index contributed by atoms with van der Waals surface area (Å²) in [5.74, 6) is 0.682. The summed E-state index contributed by atoms with van der Waals surface area (Å²) in [5, 5.41) is 6.63. The highest BCUT2D eigenvalue weighted by Gasteiger charge is 2.09. The molecule has 2 aromatic heterocycles. The zero-order chi connectivity index (χ0) is 13.8. The first-order chi connectivity index (χ1) is 9.84. The van der Waals surface area contributed by atoms with Gasteiger partial charge in [-0.1, -0.05) is 30.3 Å². The number of aromatic amines is 1. The SMILES string of the molecule is O=c1[nH]nc(-c2ccccc2)n1CCCn1ccnc1. The van der Waals surface area contributed by atoms with Crippen molar-refractivity contribution in [3.8, 4) is 11.4 Å². The van der Waals surface area contributed by atoms with Crippen molar-refractivity contribution in [2.45, 2.75) is 19.5 Å². The lowest BCUT2D eigenvalue weighted by Gasteiger charge is -2.06. The van der Waals surface area contributed by atoms with E-state index in [2.05, 4.69) is 15.2 Å². The van der Waals surface area contributed by atoms with E-state index < -0.39 is 0 Å². The number of nitrogens with zero attached hydrogens (tertiary/aromatic N) is 4. The first-order valence-corrected chi connectivity index (χ1v) is 6.51. The number of aromatic nitrogens is 5. The number of H-pyrrole nitrogens is 1. The Morgan fingerprint density at radius 2 is 2.00 bits per heavy atom. The van der Waals surface area contributed by atoms with Crippen molar-refractivity contribution in [2.24, 2.45) is 0 Å². The quantitative estimate of drug-likeness (QED) is 0.763. The summed E-state index contributed by atoms with van der Waals surface area (Å²) in [4.78, 5) is 15.8. The Balaban J connectivity index is 1.76. The van der Waals surface area contributed by atoms with Gasteiger partial charge in [-0.25, -0.2) is 14.9 Å². The summed E-state index contributed by atoms with van der Waals surface area (Å²) in [7, 11) is 0. The lowest BCUT2D eigenvalue weighted by Crippen LogP contribution is -2.18. The molecule has 0 saturated heterocycles. The molecule has 0 bridgehead atoms. The highest BCUT2D eigenvalue weighted by molar-refractivity contribution is 5.54. The molecule has 3 rings (SSSR count). The Labute approximate surface area is 115 Å². The molecule has 0 spiro atoms. The Hall–Kier alpha value is -2.63. The average Bonchev–Trinajstić information content (AvgIpc) is 3.11. The Bertz CT molecular complexity index is 712. The minimum Gasteiger partial charge on any atom is -0.337 e. The standard InChI is InChI=1S/C14H15N5O/c20-14-17-16-13(12-5-2-1-3-6-12)19(14)9-4-8-18-10-7-15-11-18/h1-3,5-7,10-11H,4,8-9H2,(H,17,20). The summed E-state index contributed by atoms with van der Waals surface area (Å²) in [5.41, 5.74) is 0.767. The van der Waals surface area contributed by atoms with E-state index >= 15 is 0 Å². The first-order valence-electron chi connectivity index (χ1n) is 6.51. The second kappa shape index (κ2) is 5.56. The minimum atomic E-state index is -0.172. The smallest absolute Gasteiger partial charge is 0.337 e. The van der Waals surface area contributed by atoms with Gasteiger partial charge < -0.3 is 4.57 Å². The third kappa shape index (κ3) is 2.54. The molecule has 1 aromatic carbocycles. The summed E-state index contributed by atoms with van der Waals surface area (Å²) < 4.78 is 3.67. The first kappa shape index (κ1) is 12.4. The third-order valence-corrected chi connectivity index (χ3v) is 3.15. The maximum atomic E-state index is 11.8. The fourth-order valence-electron chi connectivity index (χ4n) is 2.16. The second-order valence-corrected chi connectivity index (χ2v) is 4.52. The molecule has 3 aromatic rings. The van der Waals surface area contributed by atoms with Gasteiger partial charge in [0.15, 0.2) is 5.82 Å². The van der Waals surface area contributed by atoms with Crippen LogP contribution in [0.5, 0.6) is 0 Å².